The van der Waals surface area contributed by atoms with Crippen molar-refractivity contribution in [3.05, 3.63) is 58.5 Å². The van der Waals surface area contributed by atoms with Gasteiger partial charge in [-0.3, -0.25) is 9.36 Å². The summed E-state index contributed by atoms with van der Waals surface area (Å²) in [5, 5.41) is 11.2. The molecule has 0 aliphatic carbocycles. The van der Waals surface area contributed by atoms with Gasteiger partial charge in [0.15, 0.2) is 5.65 Å². The van der Waals surface area contributed by atoms with Crippen LogP contribution in [0.4, 0.5) is 0 Å². The lowest BCUT2D eigenvalue weighted by Gasteiger charge is -2.14. The first-order valence-corrected chi connectivity index (χ1v) is 9.25. The van der Waals surface area contributed by atoms with Crippen LogP contribution in [0, 0.1) is 0 Å². The van der Waals surface area contributed by atoms with Crippen LogP contribution in [0.15, 0.2) is 52.3 Å². The summed E-state index contributed by atoms with van der Waals surface area (Å²) < 4.78 is 1.61. The molecule has 1 N–H and O–H groups in total. The molecule has 0 aliphatic rings. The Morgan fingerprint density at radius 1 is 1.25 bits per heavy atom. The summed E-state index contributed by atoms with van der Waals surface area (Å²) >= 11 is 1.62. The molecular formula is C19H20N2O2S. The van der Waals surface area contributed by atoms with Crippen LogP contribution in [0.25, 0.3) is 16.7 Å². The number of hydrogen-bond donors (Lipinski definition) is 1. The van der Waals surface area contributed by atoms with Crippen LogP contribution in [0.1, 0.15) is 25.3 Å². The molecule has 0 radical (unpaired) electrons. The number of aromatic nitrogens is 2. The molecule has 3 rings (SSSR count). The molecule has 0 amide bonds. The van der Waals surface area contributed by atoms with E-state index in [4.69, 9.17) is 0 Å². The number of pyridine rings is 2. The molecular weight excluding hydrogens is 320 g/mol. The van der Waals surface area contributed by atoms with E-state index in [0.717, 1.165) is 23.4 Å². The second-order valence-electron chi connectivity index (χ2n) is 5.65. The van der Waals surface area contributed by atoms with Gasteiger partial charge in [0.25, 0.3) is 5.56 Å². The van der Waals surface area contributed by atoms with Gasteiger partial charge in [0.05, 0.1) is 16.6 Å². The molecule has 2 aromatic heterocycles. The zero-order valence-corrected chi connectivity index (χ0v) is 14.6. The van der Waals surface area contributed by atoms with E-state index in [1.54, 1.807) is 28.6 Å². The first-order chi connectivity index (χ1) is 11.7. The Morgan fingerprint density at radius 3 is 2.83 bits per heavy atom. The molecule has 1 aromatic carbocycles. The Kier molecular flexibility index (Phi) is 4.90. The van der Waals surface area contributed by atoms with Gasteiger partial charge < -0.3 is 5.11 Å². The van der Waals surface area contributed by atoms with Crippen molar-refractivity contribution < 1.29 is 5.11 Å². The van der Waals surface area contributed by atoms with Crippen molar-refractivity contribution in [3.8, 4) is 11.4 Å². The third-order valence-corrected chi connectivity index (χ3v) is 4.82. The summed E-state index contributed by atoms with van der Waals surface area (Å²) in [5.41, 5.74) is 1.53. The smallest absolute Gasteiger partial charge is 0.263 e. The maximum atomic E-state index is 13.1. The van der Waals surface area contributed by atoms with Crippen molar-refractivity contribution in [2.24, 2.45) is 0 Å². The van der Waals surface area contributed by atoms with Crippen molar-refractivity contribution in [1.29, 1.82) is 0 Å². The zero-order valence-electron chi connectivity index (χ0n) is 13.8. The highest BCUT2D eigenvalue weighted by Crippen LogP contribution is 2.28. The lowest BCUT2D eigenvalue weighted by atomic mass is 10.1. The average molecular weight is 340 g/mol. The minimum Gasteiger partial charge on any atom is -0.507 e. The second-order valence-corrected chi connectivity index (χ2v) is 6.53. The molecule has 5 heteroatoms. The summed E-state index contributed by atoms with van der Waals surface area (Å²) in [4.78, 5) is 18.5. The third-order valence-electron chi connectivity index (χ3n) is 4.09. The Bertz CT molecular complexity index is 934. The summed E-state index contributed by atoms with van der Waals surface area (Å²) in [6, 6.07) is 11.4. The maximum Gasteiger partial charge on any atom is 0.263 e. The average Bonchev–Trinajstić information content (AvgIpc) is 2.62. The predicted molar refractivity (Wildman–Crippen MR) is 99.4 cm³/mol. The molecule has 0 fully saturated rings. The number of rotatable bonds is 5. The molecule has 24 heavy (non-hydrogen) atoms. The van der Waals surface area contributed by atoms with Crippen molar-refractivity contribution in [2.45, 2.75) is 31.1 Å². The number of aromatic hydroxyl groups is 1. The number of thioether (sulfide) groups is 1. The van der Waals surface area contributed by atoms with Crippen LogP contribution in [-0.4, -0.2) is 20.9 Å². The molecule has 4 nitrogen and oxygen atoms in total. The number of benzene rings is 1. The normalized spacial score (nSPS) is 11.1. The van der Waals surface area contributed by atoms with Gasteiger partial charge in [-0.05, 0) is 49.4 Å². The standard InChI is InChI=1S/C19H20N2O2S/c1-3-4-9-16-17(22)15-10-6-11-20-18(15)21(19(16)23)13-7-5-8-14(12-13)24-2/h5-8,10-12,22H,3-4,9H2,1-2H3. The minimum absolute atomic E-state index is 0.0637. The van der Waals surface area contributed by atoms with E-state index >= 15 is 0 Å². The van der Waals surface area contributed by atoms with E-state index in [-0.39, 0.29) is 11.3 Å². The fourth-order valence-corrected chi connectivity index (χ4v) is 3.28. The van der Waals surface area contributed by atoms with E-state index in [1.165, 1.54) is 0 Å². The Hall–Kier alpha value is -2.27. The van der Waals surface area contributed by atoms with Gasteiger partial charge in [0, 0.05) is 11.1 Å². The molecule has 0 bridgehead atoms. The molecule has 0 atom stereocenters. The first-order valence-electron chi connectivity index (χ1n) is 8.03. The van der Waals surface area contributed by atoms with Crippen molar-refractivity contribution in [3.63, 3.8) is 0 Å². The van der Waals surface area contributed by atoms with Gasteiger partial charge in [-0.15, -0.1) is 11.8 Å². The van der Waals surface area contributed by atoms with Gasteiger partial charge in [-0.25, -0.2) is 4.98 Å². The molecule has 124 valence electrons. The third kappa shape index (κ3) is 2.91. The molecule has 0 spiro atoms. The number of unbranched alkanes of at least 4 members (excludes halogenated alkanes) is 1. The van der Waals surface area contributed by atoms with Crippen LogP contribution in [0.3, 0.4) is 0 Å². The fraction of sp³-hybridized carbons (Fsp3) is 0.263. The van der Waals surface area contributed by atoms with E-state index in [0.29, 0.717) is 23.0 Å². The highest BCUT2D eigenvalue weighted by molar-refractivity contribution is 7.98. The monoisotopic (exact) mass is 340 g/mol. The predicted octanol–water partition coefficient (Wildman–Crippen LogP) is 4.16. The first kappa shape index (κ1) is 16.6. The molecule has 0 unspecified atom stereocenters. The maximum absolute atomic E-state index is 13.1. The summed E-state index contributed by atoms with van der Waals surface area (Å²) in [6.45, 7) is 2.07. The second kappa shape index (κ2) is 7.09. The van der Waals surface area contributed by atoms with Crippen LogP contribution >= 0.6 is 11.8 Å². The van der Waals surface area contributed by atoms with Gasteiger partial charge in [0.2, 0.25) is 0 Å². The lowest BCUT2D eigenvalue weighted by molar-refractivity contribution is 0.470. The van der Waals surface area contributed by atoms with Gasteiger partial charge in [0.1, 0.15) is 5.75 Å². The molecule has 0 saturated carbocycles. The summed E-state index contributed by atoms with van der Waals surface area (Å²) in [7, 11) is 0. The van der Waals surface area contributed by atoms with E-state index in [9.17, 15) is 9.90 Å². The Balaban J connectivity index is 2.35. The van der Waals surface area contributed by atoms with Crippen LogP contribution < -0.4 is 5.56 Å². The number of hydrogen-bond acceptors (Lipinski definition) is 4. The SMILES string of the molecule is CCCCc1c(O)c2cccnc2n(-c2cccc(SC)c2)c1=O. The molecule has 3 aromatic rings. The van der Waals surface area contributed by atoms with Crippen LogP contribution in [0.2, 0.25) is 0 Å². The van der Waals surface area contributed by atoms with Crippen molar-refractivity contribution >= 4 is 22.8 Å². The topological polar surface area (TPSA) is 55.1 Å². The van der Waals surface area contributed by atoms with E-state index < -0.39 is 0 Å². The lowest BCUT2D eigenvalue weighted by Crippen LogP contribution is -2.23. The fourth-order valence-electron chi connectivity index (χ4n) is 2.82. The Morgan fingerprint density at radius 2 is 2.08 bits per heavy atom. The summed E-state index contributed by atoms with van der Waals surface area (Å²) in [5.74, 6) is 0.0637. The van der Waals surface area contributed by atoms with Gasteiger partial charge >= 0.3 is 0 Å². The van der Waals surface area contributed by atoms with Crippen molar-refractivity contribution in [2.75, 3.05) is 6.26 Å². The van der Waals surface area contributed by atoms with E-state index in [2.05, 4.69) is 11.9 Å². The van der Waals surface area contributed by atoms with E-state index in [1.807, 2.05) is 36.6 Å². The van der Waals surface area contributed by atoms with Crippen LogP contribution in [-0.2, 0) is 6.42 Å². The largest absolute Gasteiger partial charge is 0.507 e. The summed E-state index contributed by atoms with van der Waals surface area (Å²) in [6.07, 6.45) is 6.03. The quantitative estimate of drug-likeness (QED) is 0.709. The number of nitrogens with zero attached hydrogens (tertiary/aromatic N) is 2. The van der Waals surface area contributed by atoms with Gasteiger partial charge in [-0.2, -0.15) is 0 Å². The Labute approximate surface area is 145 Å². The van der Waals surface area contributed by atoms with Crippen LogP contribution in [0.5, 0.6) is 5.75 Å². The number of fused-ring (bicyclic) bond motifs is 1. The molecule has 2 heterocycles. The van der Waals surface area contributed by atoms with Gasteiger partial charge in [-0.1, -0.05) is 19.4 Å². The van der Waals surface area contributed by atoms with Crippen molar-refractivity contribution in [1.82, 2.24) is 9.55 Å². The molecule has 0 aliphatic heterocycles. The zero-order chi connectivity index (χ0) is 17.1. The highest BCUT2D eigenvalue weighted by atomic mass is 32.2. The molecule has 0 saturated heterocycles. The minimum atomic E-state index is -0.189. The highest BCUT2D eigenvalue weighted by Gasteiger charge is 2.17.